The zero-order valence-electron chi connectivity index (χ0n) is 28.1. The van der Waals surface area contributed by atoms with Crippen LogP contribution in [-0.4, -0.2) is 56.1 Å². The third-order valence-electron chi connectivity index (χ3n) is 9.23. The number of aromatic nitrogens is 4. The van der Waals surface area contributed by atoms with Crippen molar-refractivity contribution in [3.63, 3.8) is 0 Å². The number of hydrogen-bond donors (Lipinski definition) is 2. The van der Waals surface area contributed by atoms with Crippen LogP contribution in [0.15, 0.2) is 97.6 Å². The zero-order valence-corrected chi connectivity index (χ0v) is 28.1. The van der Waals surface area contributed by atoms with Crippen LogP contribution in [0.4, 0.5) is 5.82 Å². The molecule has 0 spiro atoms. The molecule has 0 bridgehead atoms. The highest BCUT2D eigenvalue weighted by Crippen LogP contribution is 2.50. The van der Waals surface area contributed by atoms with Gasteiger partial charge in [0.1, 0.15) is 30.2 Å². The lowest BCUT2D eigenvalue weighted by atomic mass is 9.97. The van der Waals surface area contributed by atoms with E-state index in [1.54, 1.807) is 10.9 Å². The molecule has 1 amide bonds. The molecule has 5 aromatic rings. The third-order valence-corrected chi connectivity index (χ3v) is 9.23. The van der Waals surface area contributed by atoms with Crippen molar-refractivity contribution in [2.24, 2.45) is 0 Å². The smallest absolute Gasteiger partial charge is 0.305 e. The van der Waals surface area contributed by atoms with Crippen molar-refractivity contribution in [1.29, 1.82) is 0 Å². The number of nitrogen functional groups attached to an aromatic ring is 1. The van der Waals surface area contributed by atoms with Crippen LogP contribution in [-0.2, 0) is 20.0 Å². The molecule has 3 N–H and O–H groups in total. The lowest BCUT2D eigenvalue weighted by molar-refractivity contribution is -0.191. The Kier molecular flexibility index (Phi) is 7.81. The number of nitrogens with zero attached hydrogens (tertiary/aromatic N) is 4. The lowest BCUT2D eigenvalue weighted by Gasteiger charge is -2.28. The van der Waals surface area contributed by atoms with Gasteiger partial charge in [0.2, 0.25) is 0 Å². The minimum atomic E-state index is -1.25. The maximum Gasteiger partial charge on any atom is 0.305 e. The number of benzene rings is 3. The number of nitrogens with one attached hydrogen (secondary N) is 1. The number of ether oxygens (including phenoxy) is 5. The van der Waals surface area contributed by atoms with E-state index in [9.17, 15) is 4.79 Å². The Labute approximate surface area is 289 Å². The number of fused-ring (bicyclic) bond motifs is 3. The molecule has 0 radical (unpaired) electrons. The summed E-state index contributed by atoms with van der Waals surface area (Å²) in [6.07, 6.45) is 4.88. The largest absolute Gasteiger partial charge is 0.440 e. The van der Waals surface area contributed by atoms with Crippen LogP contribution in [0.5, 0.6) is 11.5 Å². The average Bonchev–Trinajstić information content (AvgIpc) is 3.88. The van der Waals surface area contributed by atoms with Crippen LogP contribution in [0.2, 0.25) is 0 Å². The Hall–Kier alpha value is -5.30. The molecule has 1 unspecified atom stereocenters. The van der Waals surface area contributed by atoms with Gasteiger partial charge in [-0.3, -0.25) is 9.36 Å². The van der Waals surface area contributed by atoms with Gasteiger partial charge in [-0.2, -0.15) is 0 Å². The standard InChI is InChI=1S/C38H38N6O6/c1-22(2)23-18-26(30-28(19-23)47-38(50-30,24-12-7-5-8-13-24)25-14-9-6-10-15-25)35(45)40-17-11-16-27-31-32(49-37(3,4)48-31)36(46-27)44-21-43-29-33(39)41-20-42-34(29)44/h5-16,18-22,27,31-32,36H,17H2,1-4H3,(H,40,45)(H2,39,41,42)/b16-11+/t27-,31?,32+,36-/m1/s1. The summed E-state index contributed by atoms with van der Waals surface area (Å²) in [5, 5.41) is 3.04. The summed E-state index contributed by atoms with van der Waals surface area (Å²) in [6.45, 7) is 8.13. The molecular formula is C38H38N6O6. The lowest BCUT2D eigenvalue weighted by Crippen LogP contribution is -2.37. The number of rotatable bonds is 8. The van der Waals surface area contributed by atoms with E-state index in [0.717, 1.165) is 16.7 Å². The van der Waals surface area contributed by atoms with Gasteiger partial charge in [0.15, 0.2) is 35.0 Å². The van der Waals surface area contributed by atoms with Crippen molar-refractivity contribution in [2.75, 3.05) is 12.3 Å². The number of anilines is 1. The first-order valence-electron chi connectivity index (χ1n) is 16.7. The van der Waals surface area contributed by atoms with Crippen LogP contribution >= 0.6 is 0 Å². The predicted octanol–water partition coefficient (Wildman–Crippen LogP) is 5.61. The number of nitrogens with two attached hydrogens (primary N) is 1. The van der Waals surface area contributed by atoms with Crippen LogP contribution in [0.3, 0.4) is 0 Å². The second-order valence-electron chi connectivity index (χ2n) is 13.4. The number of amides is 1. The van der Waals surface area contributed by atoms with Crippen LogP contribution in [0, 0.1) is 0 Å². The number of hydrogen-bond acceptors (Lipinski definition) is 10. The highest BCUT2D eigenvalue weighted by atomic mass is 16.8. The second-order valence-corrected chi connectivity index (χ2v) is 13.4. The van der Waals surface area contributed by atoms with E-state index < -0.39 is 36.1 Å². The van der Waals surface area contributed by atoms with Crippen molar-refractivity contribution >= 4 is 22.9 Å². The van der Waals surface area contributed by atoms with Crippen molar-refractivity contribution in [3.8, 4) is 11.5 Å². The first-order chi connectivity index (χ1) is 24.1. The average molecular weight is 675 g/mol. The molecule has 3 aliphatic heterocycles. The summed E-state index contributed by atoms with van der Waals surface area (Å²) in [7, 11) is 0. The maximum absolute atomic E-state index is 13.9. The number of carbonyl (C=O) groups excluding carboxylic acids is 1. The van der Waals surface area contributed by atoms with Gasteiger partial charge in [-0.05, 0) is 37.5 Å². The monoisotopic (exact) mass is 674 g/mol. The van der Waals surface area contributed by atoms with E-state index in [0.29, 0.717) is 28.2 Å². The van der Waals surface area contributed by atoms with Gasteiger partial charge in [0, 0.05) is 17.7 Å². The topological polar surface area (TPSA) is 145 Å². The molecule has 8 rings (SSSR count). The van der Waals surface area contributed by atoms with Gasteiger partial charge in [0.05, 0.1) is 11.9 Å². The molecular weight excluding hydrogens is 636 g/mol. The fourth-order valence-corrected chi connectivity index (χ4v) is 6.84. The summed E-state index contributed by atoms with van der Waals surface area (Å²) in [5.74, 6) is -1.02. The van der Waals surface area contributed by atoms with Gasteiger partial charge in [-0.15, -0.1) is 0 Å². The van der Waals surface area contributed by atoms with E-state index >= 15 is 0 Å². The highest BCUT2D eigenvalue weighted by molar-refractivity contribution is 5.98. The Morgan fingerprint density at radius 3 is 2.36 bits per heavy atom. The molecule has 12 heteroatoms. The molecule has 0 saturated carbocycles. The fourth-order valence-electron chi connectivity index (χ4n) is 6.84. The molecule has 2 fully saturated rings. The van der Waals surface area contributed by atoms with E-state index in [2.05, 4.69) is 34.1 Å². The normalized spacial score (nSPS) is 23.1. The number of imidazole rings is 1. The van der Waals surface area contributed by atoms with Crippen LogP contribution in [0.1, 0.15) is 66.9 Å². The summed E-state index contributed by atoms with van der Waals surface area (Å²) in [5.41, 5.74) is 10.0. The highest BCUT2D eigenvalue weighted by Gasteiger charge is 2.55. The molecule has 256 valence electrons. The summed E-state index contributed by atoms with van der Waals surface area (Å²) in [6, 6.07) is 23.4. The molecule has 3 aromatic carbocycles. The molecule has 12 nitrogen and oxygen atoms in total. The summed E-state index contributed by atoms with van der Waals surface area (Å²) >= 11 is 0. The molecule has 50 heavy (non-hydrogen) atoms. The van der Waals surface area contributed by atoms with E-state index in [1.807, 2.05) is 98.8 Å². The second kappa shape index (κ2) is 12.2. The van der Waals surface area contributed by atoms with Gasteiger partial charge in [-0.25, -0.2) is 15.0 Å². The minimum absolute atomic E-state index is 0.146. The summed E-state index contributed by atoms with van der Waals surface area (Å²) in [4.78, 5) is 26.7. The fraction of sp³-hybridized carbons (Fsp3) is 0.316. The Bertz CT molecular complexity index is 2040. The van der Waals surface area contributed by atoms with E-state index in [1.165, 1.54) is 6.33 Å². The van der Waals surface area contributed by atoms with Gasteiger partial charge in [-0.1, -0.05) is 86.7 Å². The predicted molar refractivity (Wildman–Crippen MR) is 184 cm³/mol. The molecule has 5 heterocycles. The Balaban J connectivity index is 1.04. The first kappa shape index (κ1) is 31.9. The van der Waals surface area contributed by atoms with E-state index in [-0.39, 0.29) is 24.2 Å². The maximum atomic E-state index is 13.9. The van der Waals surface area contributed by atoms with Crippen LogP contribution < -0.4 is 20.5 Å². The van der Waals surface area contributed by atoms with Gasteiger partial charge < -0.3 is 34.7 Å². The summed E-state index contributed by atoms with van der Waals surface area (Å²) < 4.78 is 34.2. The molecule has 0 aliphatic carbocycles. The Morgan fingerprint density at radius 1 is 0.960 bits per heavy atom. The molecule has 4 atom stereocenters. The SMILES string of the molecule is CC(C)c1cc2c(c(C(=O)NC/C=C/[C@H]3O[C@@H](n4cnc5c(N)ncnc54)[C@H]4OC(C)(C)OC34)c1)OC(c1ccccc1)(c1ccccc1)O2. The number of carbonyl (C=O) groups is 1. The minimum Gasteiger partial charge on any atom is -0.440 e. The molecule has 3 aliphatic rings. The van der Waals surface area contributed by atoms with Gasteiger partial charge in [0.25, 0.3) is 5.91 Å². The zero-order chi connectivity index (χ0) is 34.6. The first-order valence-corrected chi connectivity index (χ1v) is 16.7. The molecule has 2 aromatic heterocycles. The Morgan fingerprint density at radius 2 is 1.66 bits per heavy atom. The van der Waals surface area contributed by atoms with Gasteiger partial charge >= 0.3 is 5.79 Å². The van der Waals surface area contributed by atoms with Crippen molar-refractivity contribution in [3.05, 3.63) is 120 Å². The van der Waals surface area contributed by atoms with Crippen LogP contribution in [0.25, 0.3) is 11.2 Å². The van der Waals surface area contributed by atoms with Crippen molar-refractivity contribution in [2.45, 2.75) is 69.7 Å². The third kappa shape index (κ3) is 5.45. The van der Waals surface area contributed by atoms with Crippen molar-refractivity contribution < 1.29 is 28.5 Å². The van der Waals surface area contributed by atoms with E-state index in [4.69, 9.17) is 29.4 Å². The van der Waals surface area contributed by atoms with Crippen molar-refractivity contribution in [1.82, 2.24) is 24.8 Å². The quantitative estimate of drug-likeness (QED) is 0.199. The molecule has 2 saturated heterocycles.